The summed E-state index contributed by atoms with van der Waals surface area (Å²) in [4.78, 5) is 6.94. The lowest BCUT2D eigenvalue weighted by molar-refractivity contribution is 0.353. The van der Waals surface area contributed by atoms with E-state index in [0.717, 1.165) is 25.0 Å². The van der Waals surface area contributed by atoms with Gasteiger partial charge in [-0.05, 0) is 61.2 Å². The summed E-state index contributed by atoms with van der Waals surface area (Å²) in [5.74, 6) is -7.63. The third-order valence-electron chi connectivity index (χ3n) is 5.98. The van der Waals surface area contributed by atoms with E-state index >= 15 is 0 Å². The van der Waals surface area contributed by atoms with Gasteiger partial charge in [0.2, 0.25) is 5.82 Å². The van der Waals surface area contributed by atoms with Gasteiger partial charge >= 0.3 is 0 Å². The van der Waals surface area contributed by atoms with E-state index in [1.807, 2.05) is 30.3 Å². The Bertz CT molecular complexity index is 1470. The van der Waals surface area contributed by atoms with Gasteiger partial charge in [-0.25, -0.2) is 36.2 Å². The molecule has 41 heavy (non-hydrogen) atoms. The topological polar surface area (TPSA) is 114 Å². The molecule has 0 amide bonds. The summed E-state index contributed by atoms with van der Waals surface area (Å²) in [5, 5.41) is 8.26. The minimum absolute atomic E-state index is 0.173. The van der Waals surface area contributed by atoms with Gasteiger partial charge in [0.25, 0.3) is 0 Å². The molecule has 0 aliphatic carbocycles. The fraction of sp³-hybridized carbons (Fsp3) is 0.179. The van der Waals surface area contributed by atoms with Crippen molar-refractivity contribution in [2.75, 3.05) is 24.6 Å². The number of ether oxygens (including phenoxy) is 1. The maximum Gasteiger partial charge on any atom is 0.200 e. The van der Waals surface area contributed by atoms with Crippen LogP contribution in [0.2, 0.25) is 0 Å². The Morgan fingerprint density at radius 3 is 1.80 bits per heavy atom. The summed E-state index contributed by atoms with van der Waals surface area (Å²) < 4.78 is 72.9. The maximum absolute atomic E-state index is 13.4. The molecule has 13 heteroatoms. The van der Waals surface area contributed by atoms with Crippen LogP contribution in [0.4, 0.5) is 33.6 Å². The molecule has 1 fully saturated rings. The van der Waals surface area contributed by atoms with E-state index < -0.39 is 34.0 Å². The highest BCUT2D eigenvalue weighted by molar-refractivity contribution is 7.97. The summed E-state index contributed by atoms with van der Waals surface area (Å²) in [6.45, 7) is 1.15. The van der Waals surface area contributed by atoms with Crippen LogP contribution < -0.4 is 16.2 Å². The van der Waals surface area contributed by atoms with Crippen LogP contribution in [-0.4, -0.2) is 33.1 Å². The molecule has 0 spiro atoms. The first-order valence-electron chi connectivity index (χ1n) is 12.4. The Balaban J connectivity index is 0.000000195. The first-order chi connectivity index (χ1) is 19.7. The molecule has 5 rings (SSSR count). The summed E-state index contributed by atoms with van der Waals surface area (Å²) in [5.41, 5.74) is 12.8. The molecule has 0 radical (unpaired) electrons. The number of nitrogens with two attached hydrogens (primary N) is 2. The first-order valence-corrected chi connectivity index (χ1v) is 13.2. The second-order valence-corrected chi connectivity index (χ2v) is 9.92. The molecule has 0 saturated carbocycles. The number of para-hydroxylation sites is 1. The van der Waals surface area contributed by atoms with Crippen molar-refractivity contribution in [3.63, 3.8) is 0 Å². The lowest BCUT2D eigenvalue weighted by Gasteiger charge is -2.25. The molecular formula is C28H25F5N6OS. The standard InChI is InChI=1S/C17H15N5O.C11H10F5NS/c18-15(14-16(19)21-10-22-17(14)20)11-6-8-13(9-7-11)23-12-4-2-1-3-5-12;12-6-7(13)9(15)11(10(16)8(6)14)18-17-4-2-1-3-5-17/h1-10,18H,(H4,19,20,21,22);1-5H2. The summed E-state index contributed by atoms with van der Waals surface area (Å²) in [6.07, 6.45) is 3.98. The highest BCUT2D eigenvalue weighted by Gasteiger charge is 2.28. The third kappa shape index (κ3) is 7.11. The van der Waals surface area contributed by atoms with Crippen LogP contribution in [0, 0.1) is 34.5 Å². The number of nitrogen functional groups attached to an aromatic ring is 2. The minimum Gasteiger partial charge on any atom is -0.457 e. The summed E-state index contributed by atoms with van der Waals surface area (Å²) in [7, 11) is 0. The number of hydrogen-bond acceptors (Lipinski definition) is 8. The second-order valence-electron chi connectivity index (χ2n) is 8.81. The molecule has 214 valence electrons. The average Bonchev–Trinajstić information content (AvgIpc) is 2.99. The van der Waals surface area contributed by atoms with Crippen LogP contribution in [0.1, 0.15) is 30.4 Å². The molecule has 1 saturated heterocycles. The van der Waals surface area contributed by atoms with Gasteiger partial charge in [0.05, 0.1) is 11.3 Å². The Labute approximate surface area is 237 Å². The van der Waals surface area contributed by atoms with Gasteiger partial charge in [0.15, 0.2) is 23.3 Å². The zero-order chi connectivity index (χ0) is 29.5. The van der Waals surface area contributed by atoms with Crippen molar-refractivity contribution in [3.8, 4) is 11.5 Å². The molecule has 0 atom stereocenters. The number of piperidine rings is 1. The molecule has 2 heterocycles. The molecule has 3 aromatic carbocycles. The molecule has 5 N–H and O–H groups in total. The van der Waals surface area contributed by atoms with Crippen LogP contribution in [0.25, 0.3) is 0 Å². The number of hydrogen-bond donors (Lipinski definition) is 3. The van der Waals surface area contributed by atoms with Crippen molar-refractivity contribution in [3.05, 3.63) is 101 Å². The summed E-state index contributed by atoms with van der Waals surface area (Å²) >= 11 is 0.591. The van der Waals surface area contributed by atoms with Gasteiger partial charge < -0.3 is 16.2 Å². The molecule has 1 aliphatic heterocycles. The molecule has 1 aliphatic rings. The number of anilines is 2. The van der Waals surface area contributed by atoms with Gasteiger partial charge in [-0.2, -0.15) is 0 Å². The van der Waals surface area contributed by atoms with Crippen molar-refractivity contribution in [1.82, 2.24) is 14.3 Å². The fourth-order valence-corrected chi connectivity index (χ4v) is 4.92. The van der Waals surface area contributed by atoms with E-state index in [1.165, 1.54) is 6.33 Å². The molecular weight excluding hydrogens is 563 g/mol. The molecule has 0 unspecified atom stereocenters. The van der Waals surface area contributed by atoms with Crippen molar-refractivity contribution in [2.45, 2.75) is 24.2 Å². The van der Waals surface area contributed by atoms with Crippen LogP contribution in [0.3, 0.4) is 0 Å². The van der Waals surface area contributed by atoms with Crippen molar-refractivity contribution >= 4 is 29.3 Å². The average molecular weight is 589 g/mol. The lowest BCUT2D eigenvalue weighted by Crippen LogP contribution is -2.23. The van der Waals surface area contributed by atoms with Gasteiger partial charge in [-0.15, -0.1) is 0 Å². The Morgan fingerprint density at radius 1 is 0.732 bits per heavy atom. The minimum atomic E-state index is -2.12. The van der Waals surface area contributed by atoms with Crippen LogP contribution >= 0.6 is 11.9 Å². The number of aromatic nitrogens is 2. The molecule has 4 aromatic rings. The van der Waals surface area contributed by atoms with E-state index in [-0.39, 0.29) is 17.3 Å². The quantitative estimate of drug-likeness (QED) is 0.0753. The van der Waals surface area contributed by atoms with Crippen LogP contribution in [0.15, 0.2) is 65.8 Å². The number of nitrogens with one attached hydrogen (secondary N) is 1. The molecule has 1 aromatic heterocycles. The Kier molecular flexibility index (Phi) is 9.73. The van der Waals surface area contributed by atoms with Crippen molar-refractivity contribution in [2.24, 2.45) is 0 Å². The predicted molar refractivity (Wildman–Crippen MR) is 147 cm³/mol. The van der Waals surface area contributed by atoms with Gasteiger partial charge in [-0.1, -0.05) is 24.6 Å². The van der Waals surface area contributed by atoms with Crippen molar-refractivity contribution < 1.29 is 26.7 Å². The van der Waals surface area contributed by atoms with Gasteiger partial charge in [0.1, 0.15) is 34.4 Å². The first kappa shape index (κ1) is 29.7. The van der Waals surface area contributed by atoms with Crippen LogP contribution in [0.5, 0.6) is 11.5 Å². The Morgan fingerprint density at radius 2 is 1.24 bits per heavy atom. The van der Waals surface area contributed by atoms with E-state index in [9.17, 15) is 22.0 Å². The van der Waals surface area contributed by atoms with Gasteiger partial charge in [-0.3, -0.25) is 5.41 Å². The van der Waals surface area contributed by atoms with Crippen LogP contribution in [-0.2, 0) is 0 Å². The highest BCUT2D eigenvalue weighted by Crippen LogP contribution is 2.34. The lowest BCUT2D eigenvalue weighted by atomic mass is 10.0. The highest BCUT2D eigenvalue weighted by atomic mass is 32.2. The normalized spacial score (nSPS) is 13.3. The van der Waals surface area contributed by atoms with Crippen molar-refractivity contribution in [1.29, 1.82) is 5.41 Å². The smallest absolute Gasteiger partial charge is 0.200 e. The van der Waals surface area contributed by atoms with E-state index in [2.05, 4.69) is 9.97 Å². The largest absolute Gasteiger partial charge is 0.457 e. The third-order valence-corrected chi connectivity index (χ3v) is 7.15. The number of nitrogens with zero attached hydrogens (tertiary/aromatic N) is 3. The fourth-order valence-electron chi connectivity index (χ4n) is 3.88. The maximum atomic E-state index is 13.4. The zero-order valence-electron chi connectivity index (χ0n) is 21.5. The monoisotopic (exact) mass is 588 g/mol. The molecule has 7 nitrogen and oxygen atoms in total. The SMILES string of the molecule is Fc1c(F)c(F)c(SN2CCCCC2)c(F)c1F.N=C(c1ccc(Oc2ccccc2)cc1)c1c(N)ncnc1N. The zero-order valence-corrected chi connectivity index (χ0v) is 22.3. The molecule has 0 bridgehead atoms. The number of rotatable bonds is 6. The number of benzene rings is 3. The Hall–Kier alpha value is -4.23. The second kappa shape index (κ2) is 13.4. The predicted octanol–water partition coefficient (Wildman–Crippen LogP) is 6.72. The van der Waals surface area contributed by atoms with E-state index in [4.69, 9.17) is 21.6 Å². The summed E-state index contributed by atoms with van der Waals surface area (Å²) in [6, 6.07) is 16.6. The van der Waals surface area contributed by atoms with E-state index in [0.29, 0.717) is 41.9 Å². The van der Waals surface area contributed by atoms with E-state index in [1.54, 1.807) is 28.6 Å². The van der Waals surface area contributed by atoms with Gasteiger partial charge in [0, 0.05) is 18.7 Å². The number of halogens is 5.